The molecule has 2 aromatic carbocycles. The van der Waals surface area contributed by atoms with Crippen molar-refractivity contribution >= 4 is 12.0 Å². The summed E-state index contributed by atoms with van der Waals surface area (Å²) in [7, 11) is 0. The molecule has 7 nitrogen and oxygen atoms in total. The van der Waals surface area contributed by atoms with Crippen molar-refractivity contribution in [3.63, 3.8) is 0 Å². The van der Waals surface area contributed by atoms with E-state index in [-0.39, 0.29) is 5.82 Å². The number of nitrogens with one attached hydrogen (secondary N) is 2. The standard InChI is InChI=1S/C18H16FN5O2/c1-12-17(21-18(25)24-22-12)23-20-10-13-4-8-16(9-5-13)26-11-14-2-6-15(19)7-3-14/h2-10H,11H2,1H3,(H2,21,23,24,25)/b20-10+. The Hall–Kier alpha value is -3.55. The zero-order valence-corrected chi connectivity index (χ0v) is 13.9. The van der Waals surface area contributed by atoms with Gasteiger partial charge in [0.2, 0.25) is 0 Å². The third kappa shape index (κ3) is 4.73. The fraction of sp³-hybridized carbons (Fsp3) is 0.111. The molecule has 0 aliphatic heterocycles. The van der Waals surface area contributed by atoms with Crippen LogP contribution in [0.5, 0.6) is 5.75 Å². The molecular formula is C18H16FN5O2. The lowest BCUT2D eigenvalue weighted by Gasteiger charge is -2.06. The predicted molar refractivity (Wildman–Crippen MR) is 95.8 cm³/mol. The summed E-state index contributed by atoms with van der Waals surface area (Å²) in [5.74, 6) is 0.715. The first-order valence-corrected chi connectivity index (χ1v) is 7.80. The summed E-state index contributed by atoms with van der Waals surface area (Å²) in [6, 6.07) is 13.5. The number of rotatable bonds is 6. The summed E-state index contributed by atoms with van der Waals surface area (Å²) in [5.41, 5.74) is 4.39. The first-order valence-electron chi connectivity index (χ1n) is 7.80. The molecule has 1 aromatic heterocycles. The minimum atomic E-state index is -0.545. The van der Waals surface area contributed by atoms with Gasteiger partial charge in [-0.1, -0.05) is 12.1 Å². The molecule has 0 bridgehead atoms. The van der Waals surface area contributed by atoms with Crippen molar-refractivity contribution in [3.05, 3.63) is 81.7 Å². The molecule has 0 atom stereocenters. The normalized spacial score (nSPS) is 10.8. The number of ether oxygens (including phenoxy) is 1. The Bertz CT molecular complexity index is 953. The van der Waals surface area contributed by atoms with E-state index in [1.165, 1.54) is 12.1 Å². The van der Waals surface area contributed by atoms with Gasteiger partial charge < -0.3 is 4.74 Å². The van der Waals surface area contributed by atoms with Gasteiger partial charge in [-0.25, -0.2) is 14.3 Å². The fourth-order valence-electron chi connectivity index (χ4n) is 2.06. The number of hydrogen-bond donors (Lipinski definition) is 2. The highest BCUT2D eigenvalue weighted by Gasteiger charge is 2.00. The molecule has 0 amide bonds. The van der Waals surface area contributed by atoms with E-state index in [4.69, 9.17) is 4.74 Å². The number of benzene rings is 2. The third-order valence-electron chi connectivity index (χ3n) is 3.46. The van der Waals surface area contributed by atoms with Crippen LogP contribution in [0.1, 0.15) is 16.8 Å². The second kappa shape index (κ2) is 8.02. The fourth-order valence-corrected chi connectivity index (χ4v) is 2.06. The summed E-state index contributed by atoms with van der Waals surface area (Å²) in [6.45, 7) is 2.06. The lowest BCUT2D eigenvalue weighted by molar-refractivity contribution is 0.306. The van der Waals surface area contributed by atoms with Gasteiger partial charge in [-0.3, -0.25) is 5.43 Å². The highest BCUT2D eigenvalue weighted by molar-refractivity contribution is 5.80. The Morgan fingerprint density at radius 1 is 1.19 bits per heavy atom. The van der Waals surface area contributed by atoms with E-state index >= 15 is 0 Å². The molecule has 0 fully saturated rings. The lowest BCUT2D eigenvalue weighted by atomic mass is 10.2. The summed E-state index contributed by atoms with van der Waals surface area (Å²) < 4.78 is 18.5. The number of hydrogen-bond acceptors (Lipinski definition) is 6. The number of hydrazone groups is 1. The molecule has 0 spiro atoms. The van der Waals surface area contributed by atoms with Gasteiger partial charge in [0.15, 0.2) is 5.82 Å². The van der Waals surface area contributed by atoms with Crippen molar-refractivity contribution < 1.29 is 9.13 Å². The monoisotopic (exact) mass is 353 g/mol. The molecule has 26 heavy (non-hydrogen) atoms. The van der Waals surface area contributed by atoms with Gasteiger partial charge in [0.25, 0.3) is 0 Å². The lowest BCUT2D eigenvalue weighted by Crippen LogP contribution is -2.15. The number of nitrogens with zero attached hydrogens (tertiary/aromatic N) is 3. The Morgan fingerprint density at radius 3 is 2.65 bits per heavy atom. The van der Waals surface area contributed by atoms with Gasteiger partial charge in [-0.15, -0.1) is 0 Å². The Balaban J connectivity index is 1.56. The number of aryl methyl sites for hydroxylation is 1. The van der Waals surface area contributed by atoms with E-state index in [9.17, 15) is 9.18 Å². The Labute approximate surface area is 148 Å². The average molecular weight is 353 g/mol. The van der Waals surface area contributed by atoms with E-state index in [0.717, 1.165) is 11.1 Å². The minimum absolute atomic E-state index is 0.271. The van der Waals surface area contributed by atoms with Crippen molar-refractivity contribution in [1.82, 2.24) is 15.2 Å². The van der Waals surface area contributed by atoms with E-state index in [1.807, 2.05) is 24.3 Å². The van der Waals surface area contributed by atoms with Gasteiger partial charge >= 0.3 is 5.69 Å². The molecule has 8 heteroatoms. The first kappa shape index (κ1) is 17.3. The maximum Gasteiger partial charge on any atom is 0.363 e. The number of anilines is 1. The van der Waals surface area contributed by atoms with Crippen molar-refractivity contribution in [2.75, 3.05) is 5.43 Å². The van der Waals surface area contributed by atoms with Crippen molar-refractivity contribution in [3.8, 4) is 5.75 Å². The van der Waals surface area contributed by atoms with Crippen LogP contribution in [-0.4, -0.2) is 21.4 Å². The smallest absolute Gasteiger partial charge is 0.363 e. The van der Waals surface area contributed by atoms with Crippen LogP contribution in [0, 0.1) is 12.7 Å². The number of halogens is 1. The molecule has 132 valence electrons. The quantitative estimate of drug-likeness (QED) is 0.525. The molecule has 0 radical (unpaired) electrons. The molecule has 0 aliphatic rings. The Kier molecular flexibility index (Phi) is 5.33. The molecule has 3 aromatic rings. The van der Waals surface area contributed by atoms with Crippen LogP contribution in [0.15, 0.2) is 58.4 Å². The molecule has 3 rings (SSSR count). The summed E-state index contributed by atoms with van der Waals surface area (Å²) in [5, 5.41) is 10.1. The Morgan fingerprint density at radius 2 is 1.92 bits per heavy atom. The minimum Gasteiger partial charge on any atom is -0.489 e. The maximum atomic E-state index is 12.9. The molecule has 1 heterocycles. The highest BCUT2D eigenvalue weighted by atomic mass is 19.1. The van der Waals surface area contributed by atoms with Crippen LogP contribution in [0.25, 0.3) is 0 Å². The van der Waals surface area contributed by atoms with Gasteiger partial charge in [0.1, 0.15) is 23.9 Å². The van der Waals surface area contributed by atoms with Crippen LogP contribution >= 0.6 is 0 Å². The average Bonchev–Trinajstić information content (AvgIpc) is 2.65. The molecule has 0 aliphatic carbocycles. The third-order valence-corrected chi connectivity index (χ3v) is 3.46. The molecular weight excluding hydrogens is 337 g/mol. The van der Waals surface area contributed by atoms with Crippen molar-refractivity contribution in [2.45, 2.75) is 13.5 Å². The largest absolute Gasteiger partial charge is 0.489 e. The molecule has 0 saturated carbocycles. The van der Waals surface area contributed by atoms with E-state index < -0.39 is 5.69 Å². The zero-order valence-electron chi connectivity index (χ0n) is 13.9. The van der Waals surface area contributed by atoms with Gasteiger partial charge in [0, 0.05) is 0 Å². The second-order valence-corrected chi connectivity index (χ2v) is 5.43. The molecule has 0 unspecified atom stereocenters. The van der Waals surface area contributed by atoms with Crippen LogP contribution in [-0.2, 0) is 6.61 Å². The van der Waals surface area contributed by atoms with Crippen LogP contribution in [0.3, 0.4) is 0 Å². The van der Waals surface area contributed by atoms with E-state index in [0.29, 0.717) is 23.9 Å². The van der Waals surface area contributed by atoms with E-state index in [2.05, 4.69) is 25.7 Å². The number of H-pyrrole nitrogens is 1. The van der Waals surface area contributed by atoms with E-state index in [1.54, 1.807) is 25.3 Å². The van der Waals surface area contributed by atoms with Crippen LogP contribution in [0.4, 0.5) is 10.2 Å². The van der Waals surface area contributed by atoms with Crippen LogP contribution in [0.2, 0.25) is 0 Å². The summed E-state index contributed by atoms with van der Waals surface area (Å²) in [6.07, 6.45) is 1.59. The van der Waals surface area contributed by atoms with Gasteiger partial charge in [0.05, 0.1) is 6.21 Å². The number of aromatic nitrogens is 3. The summed E-state index contributed by atoms with van der Waals surface area (Å²) >= 11 is 0. The highest BCUT2D eigenvalue weighted by Crippen LogP contribution is 2.14. The summed E-state index contributed by atoms with van der Waals surface area (Å²) in [4.78, 5) is 14.9. The van der Waals surface area contributed by atoms with Crippen LogP contribution < -0.4 is 15.9 Å². The second-order valence-electron chi connectivity index (χ2n) is 5.43. The predicted octanol–water partition coefficient (Wildman–Crippen LogP) is 2.64. The maximum absolute atomic E-state index is 12.9. The molecule has 0 saturated heterocycles. The number of aromatic amines is 1. The topological polar surface area (TPSA) is 92.3 Å². The van der Waals surface area contributed by atoms with Gasteiger partial charge in [-0.2, -0.15) is 15.2 Å². The molecule has 2 N–H and O–H groups in total. The van der Waals surface area contributed by atoms with Crippen molar-refractivity contribution in [1.29, 1.82) is 0 Å². The van der Waals surface area contributed by atoms with Crippen molar-refractivity contribution in [2.24, 2.45) is 5.10 Å². The van der Waals surface area contributed by atoms with Gasteiger partial charge in [-0.05, 0) is 54.4 Å². The zero-order chi connectivity index (χ0) is 18.4. The SMILES string of the molecule is Cc1n[nH]c(=O)nc1N/N=C/c1ccc(OCc2ccc(F)cc2)cc1. The first-order chi connectivity index (χ1) is 12.6.